The fourth-order valence-electron chi connectivity index (χ4n) is 0.439. The van der Waals surface area contributed by atoms with Crippen molar-refractivity contribution in [3.8, 4) is 0 Å². The van der Waals surface area contributed by atoms with Gasteiger partial charge in [0.25, 0.3) is 0 Å². The molecule has 1 heterocycles. The zero-order valence-electron chi connectivity index (χ0n) is 4.10. The van der Waals surface area contributed by atoms with Crippen LogP contribution in [0.15, 0.2) is 6.07 Å². The number of nitrogens with zero attached hydrogens (tertiary/aromatic N) is 1. The molecule has 0 radical (unpaired) electrons. The van der Waals surface area contributed by atoms with Gasteiger partial charge in [0, 0.05) is 0 Å². The molecule has 1 unspecified atom stereocenters. The fourth-order valence-corrected chi connectivity index (χ4v) is 1.10. The van der Waals surface area contributed by atoms with E-state index < -0.39 is 0 Å². The van der Waals surface area contributed by atoms with Crippen molar-refractivity contribution < 1.29 is 0 Å². The summed E-state index contributed by atoms with van der Waals surface area (Å²) in [5, 5.41) is 6.75. The van der Waals surface area contributed by atoms with Crippen molar-refractivity contribution in [2.45, 2.75) is 6.92 Å². The Morgan fingerprint density at radius 1 is 1.86 bits per heavy atom. The van der Waals surface area contributed by atoms with Gasteiger partial charge in [0.1, 0.15) is 0 Å². The maximum absolute atomic E-state index is 3.92. The minimum absolute atomic E-state index is 1.12. The van der Waals surface area contributed by atoms with E-state index in [-0.39, 0.29) is 0 Å². The molecule has 0 saturated heterocycles. The number of aryl methyl sites for hydroxylation is 1. The molecule has 38 valence electrons. The molecule has 2 nitrogen and oxygen atoms in total. The Hall–Kier alpha value is -0.232. The second-order valence-electron chi connectivity index (χ2n) is 1.48. The Bertz CT molecular complexity index is 142. The van der Waals surface area contributed by atoms with Gasteiger partial charge in [-0.2, -0.15) is 0 Å². The molecule has 1 atom stereocenters. The number of hydrogen-bond acceptors (Lipinski definition) is 1. The zero-order valence-corrected chi connectivity index (χ0v) is 6.52. The van der Waals surface area contributed by atoms with Crippen molar-refractivity contribution in [2.75, 3.05) is 0 Å². The summed E-state index contributed by atoms with van der Waals surface area (Å²) in [6.07, 6.45) is 0. The third kappa shape index (κ3) is 1.07. The van der Waals surface area contributed by atoms with Crippen LogP contribution >= 0.6 is 0 Å². The van der Waals surface area contributed by atoms with Crippen molar-refractivity contribution >= 4 is 21.3 Å². The topological polar surface area (TPSA) is 28.7 Å². The van der Waals surface area contributed by atoms with E-state index in [1.54, 1.807) is 16.9 Å². The number of aromatic nitrogens is 2. The van der Waals surface area contributed by atoms with Crippen molar-refractivity contribution in [1.29, 1.82) is 0 Å². The quantitative estimate of drug-likeness (QED) is 0.481. The van der Waals surface area contributed by atoms with Crippen LogP contribution < -0.4 is 4.48 Å². The first-order valence-corrected chi connectivity index (χ1v) is 3.27. The van der Waals surface area contributed by atoms with E-state index in [1.807, 2.05) is 13.0 Å². The summed E-state index contributed by atoms with van der Waals surface area (Å²) in [4.78, 5) is 0. The molecule has 0 aliphatic carbocycles. The van der Waals surface area contributed by atoms with Crippen LogP contribution in [0.3, 0.4) is 0 Å². The van der Waals surface area contributed by atoms with Crippen molar-refractivity contribution in [2.24, 2.45) is 0 Å². The van der Waals surface area contributed by atoms with Gasteiger partial charge in [-0.1, -0.05) is 0 Å². The van der Waals surface area contributed by atoms with Gasteiger partial charge in [0.05, 0.1) is 0 Å². The summed E-state index contributed by atoms with van der Waals surface area (Å²) in [5.41, 5.74) is 1.14. The van der Waals surface area contributed by atoms with Crippen molar-refractivity contribution in [1.82, 2.24) is 10.2 Å². The molecular formula is C4H7AsN2. The molecule has 0 fully saturated rings. The van der Waals surface area contributed by atoms with E-state index in [1.165, 1.54) is 0 Å². The maximum atomic E-state index is 3.92. The van der Waals surface area contributed by atoms with Gasteiger partial charge in [-0.15, -0.1) is 0 Å². The summed E-state index contributed by atoms with van der Waals surface area (Å²) >= 11 is 1.55. The first kappa shape index (κ1) is 4.92. The van der Waals surface area contributed by atoms with Crippen LogP contribution in [0.25, 0.3) is 0 Å². The Balaban J connectivity index is 3.04. The summed E-state index contributed by atoms with van der Waals surface area (Å²) < 4.78 is 1.12. The van der Waals surface area contributed by atoms with E-state index in [4.69, 9.17) is 0 Å². The van der Waals surface area contributed by atoms with Gasteiger partial charge in [-0.25, -0.2) is 0 Å². The van der Waals surface area contributed by atoms with Crippen LogP contribution in [0.4, 0.5) is 0 Å². The number of nitrogens with one attached hydrogen (secondary N) is 1. The van der Waals surface area contributed by atoms with Gasteiger partial charge < -0.3 is 0 Å². The van der Waals surface area contributed by atoms with Crippen LogP contribution in [-0.2, 0) is 0 Å². The van der Waals surface area contributed by atoms with E-state index in [0.717, 1.165) is 10.2 Å². The van der Waals surface area contributed by atoms with Gasteiger partial charge in [0.2, 0.25) is 0 Å². The second-order valence-corrected chi connectivity index (χ2v) is 2.72. The zero-order chi connectivity index (χ0) is 5.28. The molecule has 1 aromatic rings. The van der Waals surface area contributed by atoms with Gasteiger partial charge in [-0.3, -0.25) is 0 Å². The third-order valence-electron chi connectivity index (χ3n) is 0.726. The molecule has 1 rings (SSSR count). The van der Waals surface area contributed by atoms with Crippen LogP contribution in [0.5, 0.6) is 0 Å². The fraction of sp³-hybridized carbons (Fsp3) is 0.250. The molecule has 0 aromatic carbocycles. The molecule has 0 spiro atoms. The Labute approximate surface area is 50.8 Å². The van der Waals surface area contributed by atoms with Crippen molar-refractivity contribution in [3.05, 3.63) is 11.8 Å². The molecule has 0 amide bonds. The average molecular weight is 158 g/mol. The minimum atomic E-state index is 1.12. The number of H-pyrrole nitrogens is 1. The van der Waals surface area contributed by atoms with E-state index >= 15 is 0 Å². The van der Waals surface area contributed by atoms with Gasteiger partial charge in [-0.05, 0) is 0 Å². The summed E-state index contributed by atoms with van der Waals surface area (Å²) in [7, 11) is 0. The summed E-state index contributed by atoms with van der Waals surface area (Å²) in [6, 6.07) is 2.03. The molecule has 7 heavy (non-hydrogen) atoms. The first-order valence-electron chi connectivity index (χ1n) is 2.06. The van der Waals surface area contributed by atoms with E-state index in [2.05, 4.69) is 10.2 Å². The summed E-state index contributed by atoms with van der Waals surface area (Å²) in [5.74, 6) is 0. The average Bonchev–Trinajstić information content (AvgIpc) is 1.87. The Morgan fingerprint density at radius 2 is 2.57 bits per heavy atom. The normalized spacial score (nSPS) is 9.43. The first-order chi connectivity index (χ1) is 3.29. The third-order valence-corrected chi connectivity index (χ3v) is 1.35. The predicted octanol–water partition coefficient (Wildman–Crippen LogP) is -1.02. The molecule has 0 bridgehead atoms. The van der Waals surface area contributed by atoms with Crippen LogP contribution in [-0.4, -0.2) is 27.1 Å². The van der Waals surface area contributed by atoms with E-state index in [0.29, 0.717) is 0 Å². The molecule has 0 aliphatic rings. The molecule has 1 N–H and O–H groups in total. The van der Waals surface area contributed by atoms with Crippen LogP contribution in [0, 0.1) is 6.92 Å². The SMILES string of the molecule is Cc1cc([AsH2])n[nH]1. The Morgan fingerprint density at radius 3 is 2.71 bits per heavy atom. The van der Waals surface area contributed by atoms with Crippen LogP contribution in [0.2, 0.25) is 0 Å². The molecule has 0 aliphatic heterocycles. The molecule has 0 saturated carbocycles. The van der Waals surface area contributed by atoms with Crippen molar-refractivity contribution in [3.63, 3.8) is 0 Å². The number of aromatic amines is 1. The van der Waals surface area contributed by atoms with Gasteiger partial charge >= 0.3 is 50.2 Å². The number of rotatable bonds is 0. The van der Waals surface area contributed by atoms with Gasteiger partial charge in [0.15, 0.2) is 0 Å². The Kier molecular flexibility index (Phi) is 1.20. The number of hydrogen-bond donors (Lipinski definition) is 1. The molecular weight excluding hydrogens is 151 g/mol. The van der Waals surface area contributed by atoms with E-state index in [9.17, 15) is 0 Å². The van der Waals surface area contributed by atoms with Crippen LogP contribution in [0.1, 0.15) is 5.69 Å². The standard InChI is InChI=1S/C4H7AsN2/c1-3-2-4(5)7-6-3/h2H,5H2,1H3,(H,6,7). The summed E-state index contributed by atoms with van der Waals surface area (Å²) in [6.45, 7) is 2.00. The molecule has 1 aromatic heterocycles. The monoisotopic (exact) mass is 158 g/mol. The molecule has 3 heteroatoms. The predicted molar refractivity (Wildman–Crippen MR) is 31.5 cm³/mol. The second kappa shape index (κ2) is 1.71.